The van der Waals surface area contributed by atoms with E-state index in [0.717, 1.165) is 0 Å². The normalized spacial score (nSPS) is 11.0. The molecule has 0 aliphatic carbocycles. The van der Waals surface area contributed by atoms with Crippen molar-refractivity contribution in [3.05, 3.63) is 0 Å². The maximum atomic E-state index is 5.11. The van der Waals surface area contributed by atoms with Gasteiger partial charge in [0.1, 0.15) is 5.60 Å². The van der Waals surface area contributed by atoms with Gasteiger partial charge in [-0.15, -0.1) is 0 Å². The highest BCUT2D eigenvalue weighted by Gasteiger charge is 2.10. The van der Waals surface area contributed by atoms with Gasteiger partial charge in [-0.3, -0.25) is 0 Å². The second kappa shape index (κ2) is 3.63. The van der Waals surface area contributed by atoms with Crippen molar-refractivity contribution < 1.29 is 4.74 Å². The molecule has 0 heterocycles. The molecular weight excluding hydrogens is 124 g/mol. The molecule has 0 radical (unpaired) electrons. The third kappa shape index (κ3) is 4.40. The smallest absolute Gasteiger partial charge is 0.122 e. The van der Waals surface area contributed by atoms with Crippen molar-refractivity contribution in [2.24, 2.45) is 5.92 Å². The molecule has 0 aliphatic heterocycles. The zero-order chi connectivity index (χ0) is 8.20. The van der Waals surface area contributed by atoms with Gasteiger partial charge < -0.3 is 4.74 Å². The Morgan fingerprint density at radius 3 is 2.10 bits per heavy atom. The summed E-state index contributed by atoms with van der Waals surface area (Å²) in [4.78, 5) is 0. The lowest BCUT2D eigenvalue weighted by Gasteiger charge is -2.14. The summed E-state index contributed by atoms with van der Waals surface area (Å²) in [7, 11) is 1.68. The van der Waals surface area contributed by atoms with Crippen molar-refractivity contribution in [1.29, 1.82) is 0 Å². The Hall–Kier alpha value is -0.480. The molecule has 0 amide bonds. The Morgan fingerprint density at radius 1 is 1.30 bits per heavy atom. The van der Waals surface area contributed by atoms with Crippen LogP contribution in [0.15, 0.2) is 0 Å². The predicted octanol–water partition coefficient (Wildman–Crippen LogP) is 2.07. The summed E-state index contributed by atoms with van der Waals surface area (Å²) in [5, 5.41) is 0. The minimum Gasteiger partial charge on any atom is -0.366 e. The van der Waals surface area contributed by atoms with Crippen molar-refractivity contribution in [2.45, 2.75) is 33.3 Å². The van der Waals surface area contributed by atoms with Gasteiger partial charge in [-0.25, -0.2) is 0 Å². The molecule has 0 saturated carbocycles. The molecule has 0 spiro atoms. The maximum absolute atomic E-state index is 5.11. The van der Waals surface area contributed by atoms with E-state index in [1.807, 2.05) is 13.8 Å². The molecule has 0 aromatic heterocycles. The van der Waals surface area contributed by atoms with Crippen LogP contribution in [0.25, 0.3) is 0 Å². The standard InChI is InChI=1S/C9H16O/c1-8(2)6-7-9(3,4)10-5/h8H,1-5H3. The first-order valence-electron chi connectivity index (χ1n) is 3.56. The van der Waals surface area contributed by atoms with Crippen LogP contribution in [0, 0.1) is 17.8 Å². The van der Waals surface area contributed by atoms with Crippen LogP contribution in [0.5, 0.6) is 0 Å². The van der Waals surface area contributed by atoms with Crippen LogP contribution in [0.1, 0.15) is 27.7 Å². The number of hydrogen-bond donors (Lipinski definition) is 0. The minimum absolute atomic E-state index is 0.287. The zero-order valence-electron chi connectivity index (χ0n) is 7.49. The highest BCUT2D eigenvalue weighted by molar-refractivity contribution is 5.12. The fraction of sp³-hybridized carbons (Fsp3) is 0.778. The molecule has 0 rings (SSSR count). The number of ether oxygens (including phenoxy) is 1. The molecule has 1 heteroatoms. The summed E-state index contributed by atoms with van der Waals surface area (Å²) in [5.41, 5.74) is -0.287. The van der Waals surface area contributed by atoms with Gasteiger partial charge in [-0.1, -0.05) is 25.7 Å². The second-order valence-electron chi connectivity index (χ2n) is 3.14. The molecule has 0 aromatic carbocycles. The molecule has 0 aliphatic rings. The molecular formula is C9H16O. The molecule has 10 heavy (non-hydrogen) atoms. The van der Waals surface area contributed by atoms with Gasteiger partial charge in [-0.2, -0.15) is 0 Å². The van der Waals surface area contributed by atoms with Crippen molar-refractivity contribution >= 4 is 0 Å². The summed E-state index contributed by atoms with van der Waals surface area (Å²) in [6, 6.07) is 0. The second-order valence-corrected chi connectivity index (χ2v) is 3.14. The van der Waals surface area contributed by atoms with E-state index < -0.39 is 0 Å². The Labute approximate surface area is 63.8 Å². The van der Waals surface area contributed by atoms with E-state index in [4.69, 9.17) is 4.74 Å². The fourth-order valence-corrected chi connectivity index (χ4v) is 0.369. The lowest BCUT2D eigenvalue weighted by atomic mass is 10.1. The van der Waals surface area contributed by atoms with E-state index in [9.17, 15) is 0 Å². The zero-order valence-corrected chi connectivity index (χ0v) is 7.49. The van der Waals surface area contributed by atoms with Gasteiger partial charge in [0.2, 0.25) is 0 Å². The topological polar surface area (TPSA) is 9.23 Å². The average molecular weight is 140 g/mol. The van der Waals surface area contributed by atoms with E-state index in [-0.39, 0.29) is 5.60 Å². The van der Waals surface area contributed by atoms with Crippen LogP contribution >= 0.6 is 0 Å². The van der Waals surface area contributed by atoms with E-state index in [1.54, 1.807) is 7.11 Å². The van der Waals surface area contributed by atoms with Crippen LogP contribution in [0.2, 0.25) is 0 Å². The van der Waals surface area contributed by atoms with E-state index in [2.05, 4.69) is 25.7 Å². The predicted molar refractivity (Wildman–Crippen MR) is 43.7 cm³/mol. The van der Waals surface area contributed by atoms with Crippen molar-refractivity contribution in [3.8, 4) is 11.8 Å². The summed E-state index contributed by atoms with van der Waals surface area (Å²) < 4.78 is 5.11. The van der Waals surface area contributed by atoms with E-state index in [1.165, 1.54) is 0 Å². The van der Waals surface area contributed by atoms with Gasteiger partial charge in [0.25, 0.3) is 0 Å². The minimum atomic E-state index is -0.287. The molecule has 58 valence electrons. The monoisotopic (exact) mass is 140 g/mol. The van der Waals surface area contributed by atoms with Crippen LogP contribution in [0.3, 0.4) is 0 Å². The Balaban J connectivity index is 4.02. The molecule has 0 atom stereocenters. The fourth-order valence-electron chi connectivity index (χ4n) is 0.369. The first kappa shape index (κ1) is 9.52. The molecule has 0 N–H and O–H groups in total. The maximum Gasteiger partial charge on any atom is 0.122 e. The van der Waals surface area contributed by atoms with Crippen molar-refractivity contribution in [3.63, 3.8) is 0 Å². The molecule has 0 bridgehead atoms. The van der Waals surface area contributed by atoms with Crippen molar-refractivity contribution in [2.75, 3.05) is 7.11 Å². The third-order valence-corrected chi connectivity index (χ3v) is 1.17. The first-order valence-corrected chi connectivity index (χ1v) is 3.56. The average Bonchev–Trinajstić information content (AvgIpc) is 1.85. The first-order chi connectivity index (χ1) is 4.48. The van der Waals surface area contributed by atoms with Crippen molar-refractivity contribution in [1.82, 2.24) is 0 Å². The quantitative estimate of drug-likeness (QED) is 0.507. The molecule has 0 unspecified atom stereocenters. The highest BCUT2D eigenvalue weighted by atomic mass is 16.5. The Bertz CT molecular complexity index is 146. The molecule has 0 fully saturated rings. The summed E-state index contributed by atoms with van der Waals surface area (Å²) in [5.74, 6) is 6.52. The molecule has 0 aromatic rings. The highest BCUT2D eigenvalue weighted by Crippen LogP contribution is 2.04. The number of rotatable bonds is 1. The summed E-state index contributed by atoms with van der Waals surface area (Å²) >= 11 is 0. The molecule has 0 saturated heterocycles. The van der Waals surface area contributed by atoms with Gasteiger partial charge >= 0.3 is 0 Å². The molecule has 1 nitrogen and oxygen atoms in total. The Kier molecular flexibility index (Phi) is 3.46. The van der Waals surface area contributed by atoms with Crippen LogP contribution in [0.4, 0.5) is 0 Å². The SMILES string of the molecule is COC(C)(C)C#CC(C)C. The van der Waals surface area contributed by atoms with Crippen LogP contribution < -0.4 is 0 Å². The van der Waals surface area contributed by atoms with Gasteiger partial charge in [0, 0.05) is 13.0 Å². The van der Waals surface area contributed by atoms with Gasteiger partial charge in [0.05, 0.1) is 0 Å². The van der Waals surface area contributed by atoms with Crippen LogP contribution in [-0.4, -0.2) is 12.7 Å². The van der Waals surface area contributed by atoms with E-state index in [0.29, 0.717) is 5.92 Å². The summed E-state index contributed by atoms with van der Waals surface area (Å²) in [6.07, 6.45) is 0. The lowest BCUT2D eigenvalue weighted by molar-refractivity contribution is 0.0740. The van der Waals surface area contributed by atoms with Gasteiger partial charge in [0.15, 0.2) is 0 Å². The van der Waals surface area contributed by atoms with Crippen LogP contribution in [-0.2, 0) is 4.74 Å². The number of hydrogen-bond acceptors (Lipinski definition) is 1. The van der Waals surface area contributed by atoms with E-state index >= 15 is 0 Å². The summed E-state index contributed by atoms with van der Waals surface area (Å²) in [6.45, 7) is 8.06. The largest absolute Gasteiger partial charge is 0.366 e. The Morgan fingerprint density at radius 2 is 1.80 bits per heavy atom. The third-order valence-electron chi connectivity index (χ3n) is 1.17. The number of methoxy groups -OCH3 is 1. The lowest BCUT2D eigenvalue weighted by Crippen LogP contribution is -2.19. The van der Waals surface area contributed by atoms with Gasteiger partial charge in [-0.05, 0) is 13.8 Å².